The number of hydrogen-bond acceptors (Lipinski definition) is 4. The highest BCUT2D eigenvalue weighted by Gasteiger charge is 2.20. The van der Waals surface area contributed by atoms with Crippen LogP contribution in [0, 0.1) is 0 Å². The first-order chi connectivity index (χ1) is 8.00. The molecule has 0 bridgehead atoms. The summed E-state index contributed by atoms with van der Waals surface area (Å²) in [6.07, 6.45) is 0. The number of nitrogens with zero attached hydrogens (tertiary/aromatic N) is 1. The minimum Gasteiger partial charge on any atom is -0.480 e. The number of aliphatic carboxylic acids is 1. The van der Waals surface area contributed by atoms with Gasteiger partial charge >= 0.3 is 5.97 Å². The Kier molecular flexibility index (Phi) is 2.85. The monoisotopic (exact) mass is 234 g/mol. The molecule has 1 atom stereocenters. The number of carboxylic acids is 1. The number of hydrogen-bond donors (Lipinski definition) is 2. The van der Waals surface area contributed by atoms with E-state index in [-0.39, 0.29) is 5.92 Å². The summed E-state index contributed by atoms with van der Waals surface area (Å²) in [6.45, 7) is 3.92. The number of carbonyl (C=O) groups is 1. The molecule has 5 nitrogen and oxygen atoms in total. The van der Waals surface area contributed by atoms with E-state index in [1.165, 1.54) is 0 Å². The lowest BCUT2D eigenvalue weighted by Gasteiger charge is -2.06. The van der Waals surface area contributed by atoms with Gasteiger partial charge in [-0.3, -0.25) is 4.79 Å². The molecule has 90 valence electrons. The molecule has 5 heteroatoms. The third kappa shape index (κ3) is 2.01. The van der Waals surface area contributed by atoms with Crippen LogP contribution in [0.2, 0.25) is 0 Å². The van der Waals surface area contributed by atoms with Crippen LogP contribution in [0.4, 0.5) is 0 Å². The quantitative estimate of drug-likeness (QED) is 0.848. The highest BCUT2D eigenvalue weighted by Crippen LogP contribution is 2.26. The van der Waals surface area contributed by atoms with Crippen molar-refractivity contribution >= 4 is 17.1 Å². The summed E-state index contributed by atoms with van der Waals surface area (Å²) >= 11 is 0. The van der Waals surface area contributed by atoms with E-state index in [4.69, 9.17) is 15.3 Å². The van der Waals surface area contributed by atoms with Crippen molar-refractivity contribution in [3.8, 4) is 0 Å². The minimum absolute atomic E-state index is 0.149. The third-order valence-corrected chi connectivity index (χ3v) is 2.56. The maximum absolute atomic E-state index is 10.9. The Morgan fingerprint density at radius 1 is 1.47 bits per heavy atom. The van der Waals surface area contributed by atoms with Crippen LogP contribution in [0.5, 0.6) is 0 Å². The molecule has 0 amide bonds. The van der Waals surface area contributed by atoms with Gasteiger partial charge in [0, 0.05) is 11.5 Å². The number of oxazole rings is 1. The average Bonchev–Trinajstić information content (AvgIpc) is 2.71. The highest BCUT2D eigenvalue weighted by atomic mass is 16.4. The summed E-state index contributed by atoms with van der Waals surface area (Å²) in [5.74, 6) is -0.346. The van der Waals surface area contributed by atoms with Gasteiger partial charge in [0.05, 0.1) is 0 Å². The number of nitrogens with two attached hydrogens (primary N) is 1. The first-order valence-corrected chi connectivity index (χ1v) is 5.38. The van der Waals surface area contributed by atoms with Gasteiger partial charge in [0.1, 0.15) is 11.6 Å². The molecular weight excluding hydrogens is 220 g/mol. The van der Waals surface area contributed by atoms with Crippen LogP contribution in [0.25, 0.3) is 11.1 Å². The molecular formula is C12H14N2O3. The SMILES string of the molecule is CC(C)c1nc2cccc(C(N)C(=O)O)c2o1. The van der Waals surface area contributed by atoms with Gasteiger partial charge in [-0.1, -0.05) is 26.0 Å². The van der Waals surface area contributed by atoms with Gasteiger partial charge in [-0.2, -0.15) is 0 Å². The largest absolute Gasteiger partial charge is 0.480 e. The van der Waals surface area contributed by atoms with Crippen LogP contribution >= 0.6 is 0 Å². The van der Waals surface area contributed by atoms with E-state index in [1.807, 2.05) is 13.8 Å². The number of carboxylic acid groups (broad SMARTS) is 1. The molecule has 1 aromatic carbocycles. The Bertz CT molecular complexity index is 560. The van der Waals surface area contributed by atoms with Gasteiger partial charge < -0.3 is 15.3 Å². The molecule has 0 aliphatic carbocycles. The van der Waals surface area contributed by atoms with Crippen molar-refractivity contribution < 1.29 is 14.3 Å². The molecule has 17 heavy (non-hydrogen) atoms. The number of rotatable bonds is 3. The van der Waals surface area contributed by atoms with Crippen LogP contribution in [0.3, 0.4) is 0 Å². The summed E-state index contributed by atoms with van der Waals surface area (Å²) in [7, 11) is 0. The lowest BCUT2D eigenvalue weighted by atomic mass is 10.1. The minimum atomic E-state index is -1.09. The second-order valence-electron chi connectivity index (χ2n) is 4.22. The zero-order valence-electron chi connectivity index (χ0n) is 9.68. The molecule has 1 aromatic heterocycles. The predicted molar refractivity (Wildman–Crippen MR) is 62.7 cm³/mol. The maximum atomic E-state index is 10.9. The number of benzene rings is 1. The second-order valence-corrected chi connectivity index (χ2v) is 4.22. The smallest absolute Gasteiger partial charge is 0.325 e. The van der Waals surface area contributed by atoms with Crippen molar-refractivity contribution in [2.75, 3.05) is 0 Å². The Labute approximate surface area is 98.2 Å². The van der Waals surface area contributed by atoms with Crippen molar-refractivity contribution in [1.29, 1.82) is 0 Å². The first kappa shape index (κ1) is 11.6. The maximum Gasteiger partial charge on any atom is 0.325 e. The number of aromatic nitrogens is 1. The van der Waals surface area contributed by atoms with Gasteiger partial charge in [-0.25, -0.2) is 4.98 Å². The zero-order chi connectivity index (χ0) is 12.6. The Morgan fingerprint density at radius 2 is 2.18 bits per heavy atom. The Hall–Kier alpha value is -1.88. The van der Waals surface area contributed by atoms with E-state index in [0.717, 1.165) is 0 Å². The van der Waals surface area contributed by atoms with Crippen LogP contribution in [0.1, 0.15) is 37.3 Å². The highest BCUT2D eigenvalue weighted by molar-refractivity contribution is 5.84. The fraction of sp³-hybridized carbons (Fsp3) is 0.333. The molecule has 0 aliphatic heterocycles. The number of fused-ring (bicyclic) bond motifs is 1. The van der Waals surface area contributed by atoms with Gasteiger partial charge in [0.15, 0.2) is 11.5 Å². The van der Waals surface area contributed by atoms with Crippen LogP contribution in [-0.2, 0) is 4.79 Å². The third-order valence-electron chi connectivity index (χ3n) is 2.56. The molecule has 2 aromatic rings. The standard InChI is InChI=1S/C12H14N2O3/c1-6(2)11-14-8-5-3-4-7(10(8)17-11)9(13)12(15)16/h3-6,9H,13H2,1-2H3,(H,15,16). The summed E-state index contributed by atoms with van der Waals surface area (Å²) in [5, 5.41) is 8.92. The fourth-order valence-electron chi connectivity index (χ4n) is 1.61. The summed E-state index contributed by atoms with van der Waals surface area (Å²) in [6, 6.07) is 4.07. The van der Waals surface area contributed by atoms with Crippen molar-refractivity contribution in [3.05, 3.63) is 29.7 Å². The van der Waals surface area contributed by atoms with E-state index in [1.54, 1.807) is 18.2 Å². The predicted octanol–water partition coefficient (Wildman–Crippen LogP) is 2.04. The van der Waals surface area contributed by atoms with Gasteiger partial charge in [0.2, 0.25) is 0 Å². The molecule has 0 fully saturated rings. The van der Waals surface area contributed by atoms with E-state index < -0.39 is 12.0 Å². The molecule has 0 saturated heterocycles. The van der Waals surface area contributed by atoms with Gasteiger partial charge in [-0.15, -0.1) is 0 Å². The summed E-state index contributed by atoms with van der Waals surface area (Å²) < 4.78 is 5.58. The normalized spacial score (nSPS) is 13.2. The van der Waals surface area contributed by atoms with Crippen LogP contribution in [0.15, 0.2) is 22.6 Å². The van der Waals surface area contributed by atoms with Crippen molar-refractivity contribution in [1.82, 2.24) is 4.98 Å². The number of para-hydroxylation sites is 1. The topological polar surface area (TPSA) is 89.3 Å². The molecule has 0 radical (unpaired) electrons. The lowest BCUT2D eigenvalue weighted by molar-refractivity contribution is -0.138. The van der Waals surface area contributed by atoms with Crippen molar-refractivity contribution in [2.45, 2.75) is 25.8 Å². The summed E-state index contributed by atoms with van der Waals surface area (Å²) in [5.41, 5.74) is 7.16. The molecule has 0 spiro atoms. The lowest BCUT2D eigenvalue weighted by Crippen LogP contribution is -2.20. The Morgan fingerprint density at radius 3 is 2.76 bits per heavy atom. The second kappa shape index (κ2) is 4.18. The van der Waals surface area contributed by atoms with Crippen molar-refractivity contribution in [2.24, 2.45) is 5.73 Å². The van der Waals surface area contributed by atoms with Crippen molar-refractivity contribution in [3.63, 3.8) is 0 Å². The first-order valence-electron chi connectivity index (χ1n) is 5.38. The molecule has 3 N–H and O–H groups in total. The molecule has 1 heterocycles. The van der Waals surface area contributed by atoms with E-state index >= 15 is 0 Å². The fourth-order valence-corrected chi connectivity index (χ4v) is 1.61. The van der Waals surface area contributed by atoms with Crippen LogP contribution < -0.4 is 5.73 Å². The van der Waals surface area contributed by atoms with Gasteiger partial charge in [0.25, 0.3) is 0 Å². The van der Waals surface area contributed by atoms with Crippen LogP contribution in [-0.4, -0.2) is 16.1 Å². The van der Waals surface area contributed by atoms with E-state index in [2.05, 4.69) is 4.98 Å². The van der Waals surface area contributed by atoms with E-state index in [9.17, 15) is 4.79 Å². The zero-order valence-corrected chi connectivity index (χ0v) is 9.68. The average molecular weight is 234 g/mol. The molecule has 0 saturated carbocycles. The van der Waals surface area contributed by atoms with E-state index in [0.29, 0.717) is 22.6 Å². The molecule has 2 rings (SSSR count). The molecule has 0 aliphatic rings. The molecule has 1 unspecified atom stereocenters. The summed E-state index contributed by atoms with van der Waals surface area (Å²) in [4.78, 5) is 15.2. The Balaban J connectivity index is 2.60. The van der Waals surface area contributed by atoms with Gasteiger partial charge in [-0.05, 0) is 6.07 Å².